The van der Waals surface area contributed by atoms with Crippen LogP contribution < -0.4 is 10.1 Å². The molecule has 0 atom stereocenters. The van der Waals surface area contributed by atoms with E-state index in [9.17, 15) is 4.79 Å². The Kier molecular flexibility index (Phi) is 5.53. The predicted octanol–water partition coefficient (Wildman–Crippen LogP) is 4.40. The van der Waals surface area contributed by atoms with Crippen LogP contribution in [0.15, 0.2) is 65.2 Å². The summed E-state index contributed by atoms with van der Waals surface area (Å²) in [4.78, 5) is 14.1. The van der Waals surface area contributed by atoms with E-state index in [0.717, 1.165) is 17.0 Å². The number of benzene rings is 2. The summed E-state index contributed by atoms with van der Waals surface area (Å²) in [6.07, 6.45) is 0. The Balaban J connectivity index is 1.69. The molecule has 0 radical (unpaired) electrons. The van der Waals surface area contributed by atoms with E-state index in [1.807, 2.05) is 67.6 Å². The van der Waals surface area contributed by atoms with Crippen molar-refractivity contribution in [3.63, 3.8) is 0 Å². The predicted molar refractivity (Wildman–Crippen MR) is 100 cm³/mol. The molecule has 2 amide bonds. The summed E-state index contributed by atoms with van der Waals surface area (Å²) in [6, 6.07) is 18.6. The number of nitrogens with zero attached hydrogens (tertiary/aromatic N) is 2. The molecule has 0 fully saturated rings. The van der Waals surface area contributed by atoms with Gasteiger partial charge in [-0.15, -0.1) is 0 Å². The number of anilines is 1. The maximum atomic E-state index is 12.4. The van der Waals surface area contributed by atoms with E-state index in [2.05, 4.69) is 10.5 Å². The van der Waals surface area contributed by atoms with Crippen LogP contribution in [0.25, 0.3) is 11.3 Å². The van der Waals surface area contributed by atoms with Crippen molar-refractivity contribution in [2.75, 3.05) is 19.0 Å². The maximum Gasteiger partial charge on any atom is 0.322 e. The fourth-order valence-electron chi connectivity index (χ4n) is 2.55. The third kappa shape index (κ3) is 4.22. The summed E-state index contributed by atoms with van der Waals surface area (Å²) in [5, 5.41) is 6.97. The summed E-state index contributed by atoms with van der Waals surface area (Å²) in [7, 11) is 1.62. The summed E-state index contributed by atoms with van der Waals surface area (Å²) in [5.74, 6) is 1.39. The topological polar surface area (TPSA) is 67.6 Å². The number of para-hydroxylation sites is 1. The number of amides is 2. The smallest absolute Gasteiger partial charge is 0.322 e. The van der Waals surface area contributed by atoms with Crippen LogP contribution in [0.3, 0.4) is 0 Å². The molecule has 3 aromatic rings. The quantitative estimate of drug-likeness (QED) is 0.714. The molecule has 1 N–H and O–H groups in total. The van der Waals surface area contributed by atoms with Gasteiger partial charge in [0, 0.05) is 23.9 Å². The fraction of sp³-hybridized carbons (Fsp3) is 0.200. The van der Waals surface area contributed by atoms with E-state index < -0.39 is 0 Å². The SMILES string of the molecule is CCN(Cc1cc(-c2cccc(OC)c2)on1)C(=O)Nc1ccccc1. The Morgan fingerprint density at radius 3 is 2.69 bits per heavy atom. The van der Waals surface area contributed by atoms with Gasteiger partial charge >= 0.3 is 6.03 Å². The van der Waals surface area contributed by atoms with Crippen molar-refractivity contribution >= 4 is 11.7 Å². The molecule has 0 saturated heterocycles. The van der Waals surface area contributed by atoms with E-state index in [1.54, 1.807) is 12.0 Å². The van der Waals surface area contributed by atoms with E-state index >= 15 is 0 Å². The number of carbonyl (C=O) groups is 1. The van der Waals surface area contributed by atoms with Crippen LogP contribution in [-0.4, -0.2) is 29.7 Å². The second-order valence-electron chi connectivity index (χ2n) is 5.72. The Bertz CT molecular complexity index is 862. The summed E-state index contributed by atoms with van der Waals surface area (Å²) < 4.78 is 10.7. The second-order valence-corrected chi connectivity index (χ2v) is 5.72. The number of aromatic nitrogens is 1. The van der Waals surface area contributed by atoms with Crippen molar-refractivity contribution in [1.82, 2.24) is 10.1 Å². The molecule has 1 heterocycles. The molecule has 0 bridgehead atoms. The largest absolute Gasteiger partial charge is 0.497 e. The van der Waals surface area contributed by atoms with E-state index in [4.69, 9.17) is 9.26 Å². The van der Waals surface area contributed by atoms with Crippen molar-refractivity contribution in [3.05, 3.63) is 66.4 Å². The van der Waals surface area contributed by atoms with Crippen LogP contribution in [0.1, 0.15) is 12.6 Å². The molecular formula is C20H21N3O3. The van der Waals surface area contributed by atoms with Gasteiger partial charge in [-0.2, -0.15) is 0 Å². The molecule has 3 rings (SSSR count). The average Bonchev–Trinajstić information content (AvgIpc) is 3.15. The molecule has 0 spiro atoms. The molecule has 2 aromatic carbocycles. The molecule has 0 aliphatic heterocycles. The van der Waals surface area contributed by atoms with Gasteiger partial charge in [0.15, 0.2) is 5.76 Å². The highest BCUT2D eigenvalue weighted by atomic mass is 16.5. The Hall–Kier alpha value is -3.28. The third-order valence-corrected chi connectivity index (χ3v) is 3.96. The zero-order valence-electron chi connectivity index (χ0n) is 14.8. The summed E-state index contributed by atoms with van der Waals surface area (Å²) >= 11 is 0. The first kappa shape index (κ1) is 17.5. The molecule has 0 saturated carbocycles. The zero-order valence-corrected chi connectivity index (χ0v) is 14.8. The van der Waals surface area contributed by atoms with Crippen LogP contribution in [0.4, 0.5) is 10.5 Å². The average molecular weight is 351 g/mol. The van der Waals surface area contributed by atoms with E-state index in [1.165, 1.54) is 0 Å². The standard InChI is InChI=1S/C20H21N3O3/c1-3-23(20(24)21-16-9-5-4-6-10-16)14-17-13-19(26-22-17)15-8-7-11-18(12-15)25-2/h4-13H,3,14H2,1-2H3,(H,21,24). The maximum absolute atomic E-state index is 12.4. The Morgan fingerprint density at radius 1 is 1.15 bits per heavy atom. The first-order valence-corrected chi connectivity index (χ1v) is 8.40. The van der Waals surface area contributed by atoms with Crippen LogP contribution in [0, 0.1) is 0 Å². The molecular weight excluding hydrogens is 330 g/mol. The number of ether oxygens (including phenoxy) is 1. The van der Waals surface area contributed by atoms with Crippen molar-refractivity contribution in [3.8, 4) is 17.1 Å². The van der Waals surface area contributed by atoms with Gasteiger partial charge in [0.2, 0.25) is 0 Å². The van der Waals surface area contributed by atoms with Gasteiger partial charge in [-0.05, 0) is 31.2 Å². The van der Waals surface area contributed by atoms with Gasteiger partial charge in [0.25, 0.3) is 0 Å². The lowest BCUT2D eigenvalue weighted by Crippen LogP contribution is -2.34. The third-order valence-electron chi connectivity index (χ3n) is 3.96. The van der Waals surface area contributed by atoms with Gasteiger partial charge in [-0.1, -0.05) is 35.5 Å². The number of rotatable bonds is 6. The van der Waals surface area contributed by atoms with Crippen molar-refractivity contribution < 1.29 is 14.1 Å². The minimum atomic E-state index is -0.176. The molecule has 134 valence electrons. The lowest BCUT2D eigenvalue weighted by atomic mass is 10.1. The Morgan fingerprint density at radius 2 is 1.96 bits per heavy atom. The normalized spacial score (nSPS) is 10.4. The number of hydrogen-bond donors (Lipinski definition) is 1. The molecule has 0 aliphatic carbocycles. The van der Waals surface area contributed by atoms with Crippen molar-refractivity contribution in [2.24, 2.45) is 0 Å². The number of carbonyl (C=O) groups excluding carboxylic acids is 1. The van der Waals surface area contributed by atoms with Crippen LogP contribution in [-0.2, 0) is 6.54 Å². The molecule has 1 aromatic heterocycles. The lowest BCUT2D eigenvalue weighted by molar-refractivity contribution is 0.210. The highest BCUT2D eigenvalue weighted by Crippen LogP contribution is 2.24. The van der Waals surface area contributed by atoms with Gasteiger partial charge in [0.05, 0.1) is 13.7 Å². The molecule has 0 unspecified atom stereocenters. The minimum Gasteiger partial charge on any atom is -0.497 e. The van der Waals surface area contributed by atoms with Crippen LogP contribution in [0.5, 0.6) is 5.75 Å². The first-order valence-electron chi connectivity index (χ1n) is 8.40. The molecule has 0 aliphatic rings. The summed E-state index contributed by atoms with van der Waals surface area (Å²) in [5.41, 5.74) is 2.32. The second kappa shape index (κ2) is 8.20. The van der Waals surface area contributed by atoms with E-state index in [-0.39, 0.29) is 6.03 Å². The first-order chi connectivity index (χ1) is 12.7. The van der Waals surface area contributed by atoms with Crippen molar-refractivity contribution in [1.29, 1.82) is 0 Å². The molecule has 26 heavy (non-hydrogen) atoms. The van der Waals surface area contributed by atoms with Crippen LogP contribution >= 0.6 is 0 Å². The van der Waals surface area contributed by atoms with Crippen molar-refractivity contribution in [2.45, 2.75) is 13.5 Å². The highest BCUT2D eigenvalue weighted by molar-refractivity contribution is 5.89. The summed E-state index contributed by atoms with van der Waals surface area (Å²) in [6.45, 7) is 2.84. The number of nitrogens with one attached hydrogen (secondary N) is 1. The monoisotopic (exact) mass is 351 g/mol. The van der Waals surface area contributed by atoms with E-state index in [0.29, 0.717) is 24.5 Å². The van der Waals surface area contributed by atoms with Gasteiger partial charge in [-0.3, -0.25) is 0 Å². The Labute approximate surface area is 152 Å². The number of hydrogen-bond acceptors (Lipinski definition) is 4. The lowest BCUT2D eigenvalue weighted by Gasteiger charge is -2.20. The zero-order chi connectivity index (χ0) is 18.4. The van der Waals surface area contributed by atoms with Crippen LogP contribution in [0.2, 0.25) is 0 Å². The minimum absolute atomic E-state index is 0.176. The fourth-order valence-corrected chi connectivity index (χ4v) is 2.55. The molecule has 6 heteroatoms. The highest BCUT2D eigenvalue weighted by Gasteiger charge is 2.15. The van der Waals surface area contributed by atoms with Gasteiger partial charge in [0.1, 0.15) is 11.4 Å². The van der Waals surface area contributed by atoms with Gasteiger partial charge < -0.3 is 19.5 Å². The molecule has 6 nitrogen and oxygen atoms in total. The number of methoxy groups -OCH3 is 1. The van der Waals surface area contributed by atoms with Gasteiger partial charge in [-0.25, -0.2) is 4.79 Å². The number of urea groups is 1.